The molecule has 0 radical (unpaired) electrons. The van der Waals surface area contributed by atoms with Crippen LogP contribution in [0, 0.1) is 0 Å². The van der Waals surface area contributed by atoms with Gasteiger partial charge in [0.15, 0.2) is 0 Å². The van der Waals surface area contributed by atoms with Crippen LogP contribution in [0.4, 0.5) is 0 Å². The molecule has 2 rings (SSSR count). The smallest absolute Gasteiger partial charge is 0.331 e. The quantitative estimate of drug-likeness (QED) is 0.819. The van der Waals surface area contributed by atoms with E-state index in [1.807, 2.05) is 36.4 Å². The van der Waals surface area contributed by atoms with Crippen LogP contribution in [-0.2, 0) is 4.79 Å². The fraction of sp³-hybridized carbons (Fsp3) is 0.0714. The molecule has 3 nitrogen and oxygen atoms in total. The summed E-state index contributed by atoms with van der Waals surface area (Å²) in [6, 6.07) is 13.3. The first-order chi connectivity index (χ1) is 8.16. The van der Waals surface area contributed by atoms with Crippen molar-refractivity contribution >= 4 is 12.0 Å². The van der Waals surface area contributed by atoms with Gasteiger partial charge in [0.05, 0.1) is 0 Å². The van der Waals surface area contributed by atoms with Crippen LogP contribution in [0.15, 0.2) is 52.5 Å². The first-order valence-corrected chi connectivity index (χ1v) is 5.23. The third kappa shape index (κ3) is 2.64. The Hall–Kier alpha value is -2.29. The van der Waals surface area contributed by atoms with Gasteiger partial charge in [0.25, 0.3) is 0 Å². The number of hydrogen-bond acceptors (Lipinski definition) is 2. The van der Waals surface area contributed by atoms with Gasteiger partial charge in [0.1, 0.15) is 11.5 Å². The summed E-state index contributed by atoms with van der Waals surface area (Å²) in [6.45, 7) is 1.53. The number of benzene rings is 1. The summed E-state index contributed by atoms with van der Waals surface area (Å²) >= 11 is 0. The lowest BCUT2D eigenvalue weighted by Crippen LogP contribution is -1.94. The number of rotatable bonds is 3. The summed E-state index contributed by atoms with van der Waals surface area (Å²) < 4.78 is 5.55. The Morgan fingerprint density at radius 2 is 1.88 bits per heavy atom. The van der Waals surface area contributed by atoms with Crippen molar-refractivity contribution < 1.29 is 14.3 Å². The first-order valence-electron chi connectivity index (χ1n) is 5.23. The number of carbonyl (C=O) groups is 1. The minimum atomic E-state index is -0.942. The van der Waals surface area contributed by atoms with E-state index in [9.17, 15) is 4.79 Å². The number of carboxylic acids is 1. The SMILES string of the molecule is C/C(=C\c1ccc(-c2ccccc2)o1)C(=O)O. The minimum Gasteiger partial charge on any atom is -0.478 e. The van der Waals surface area contributed by atoms with E-state index in [2.05, 4.69) is 0 Å². The lowest BCUT2D eigenvalue weighted by Gasteiger charge is -1.95. The number of hydrogen-bond donors (Lipinski definition) is 1. The van der Waals surface area contributed by atoms with E-state index in [0.717, 1.165) is 11.3 Å². The average Bonchev–Trinajstić information content (AvgIpc) is 2.78. The largest absolute Gasteiger partial charge is 0.478 e. The fourth-order valence-electron chi connectivity index (χ4n) is 1.46. The fourth-order valence-corrected chi connectivity index (χ4v) is 1.46. The van der Waals surface area contributed by atoms with Gasteiger partial charge in [-0.05, 0) is 25.1 Å². The van der Waals surface area contributed by atoms with Crippen molar-refractivity contribution in [2.45, 2.75) is 6.92 Å². The number of aliphatic carboxylic acids is 1. The molecular formula is C14H12O3. The Balaban J connectivity index is 2.29. The Labute approximate surface area is 99.0 Å². The van der Waals surface area contributed by atoms with Gasteiger partial charge in [-0.2, -0.15) is 0 Å². The third-order valence-corrected chi connectivity index (χ3v) is 2.38. The van der Waals surface area contributed by atoms with E-state index < -0.39 is 5.97 Å². The molecule has 0 saturated heterocycles. The second-order valence-corrected chi connectivity index (χ2v) is 3.70. The van der Waals surface area contributed by atoms with E-state index in [-0.39, 0.29) is 5.57 Å². The maximum absolute atomic E-state index is 10.7. The van der Waals surface area contributed by atoms with Gasteiger partial charge in [-0.25, -0.2) is 4.79 Å². The third-order valence-electron chi connectivity index (χ3n) is 2.38. The average molecular weight is 228 g/mol. The van der Waals surface area contributed by atoms with E-state index in [0.29, 0.717) is 5.76 Å². The molecule has 0 aliphatic carbocycles. The maximum atomic E-state index is 10.7. The highest BCUT2D eigenvalue weighted by Crippen LogP contribution is 2.22. The van der Waals surface area contributed by atoms with Gasteiger partial charge >= 0.3 is 5.97 Å². The summed E-state index contributed by atoms with van der Waals surface area (Å²) in [5.41, 5.74) is 1.22. The molecule has 0 unspecified atom stereocenters. The molecule has 0 bridgehead atoms. The molecular weight excluding hydrogens is 216 g/mol. The van der Waals surface area contributed by atoms with E-state index >= 15 is 0 Å². The summed E-state index contributed by atoms with van der Waals surface area (Å²) in [4.78, 5) is 10.7. The van der Waals surface area contributed by atoms with Crippen LogP contribution in [0.1, 0.15) is 12.7 Å². The van der Waals surface area contributed by atoms with Gasteiger partial charge in [-0.15, -0.1) is 0 Å². The molecule has 17 heavy (non-hydrogen) atoms. The summed E-state index contributed by atoms with van der Waals surface area (Å²) in [7, 11) is 0. The van der Waals surface area contributed by atoms with E-state index in [1.54, 1.807) is 6.07 Å². The number of furan rings is 1. The van der Waals surface area contributed by atoms with Crippen LogP contribution in [0.5, 0.6) is 0 Å². The van der Waals surface area contributed by atoms with Crippen LogP contribution < -0.4 is 0 Å². The van der Waals surface area contributed by atoms with Crippen LogP contribution in [-0.4, -0.2) is 11.1 Å². The predicted octanol–water partition coefficient (Wildman–Crippen LogP) is 3.43. The Morgan fingerprint density at radius 3 is 2.53 bits per heavy atom. The molecule has 0 aliphatic heterocycles. The van der Waals surface area contributed by atoms with Crippen LogP contribution in [0.25, 0.3) is 17.4 Å². The molecule has 3 heteroatoms. The van der Waals surface area contributed by atoms with Gasteiger partial charge in [-0.3, -0.25) is 0 Å². The summed E-state index contributed by atoms with van der Waals surface area (Å²) in [6.07, 6.45) is 1.51. The predicted molar refractivity (Wildman–Crippen MR) is 65.4 cm³/mol. The zero-order chi connectivity index (χ0) is 12.3. The van der Waals surface area contributed by atoms with Crippen molar-refractivity contribution in [3.63, 3.8) is 0 Å². The topological polar surface area (TPSA) is 50.4 Å². The lowest BCUT2D eigenvalue weighted by atomic mass is 10.2. The second-order valence-electron chi connectivity index (χ2n) is 3.70. The molecule has 86 valence electrons. The molecule has 1 N–H and O–H groups in total. The van der Waals surface area contributed by atoms with Crippen molar-refractivity contribution in [2.75, 3.05) is 0 Å². The van der Waals surface area contributed by atoms with Crippen molar-refractivity contribution in [1.29, 1.82) is 0 Å². The summed E-state index contributed by atoms with van der Waals surface area (Å²) in [5.74, 6) is 0.335. The highest BCUT2D eigenvalue weighted by Gasteiger charge is 2.05. The van der Waals surface area contributed by atoms with Crippen molar-refractivity contribution in [3.8, 4) is 11.3 Å². The zero-order valence-corrected chi connectivity index (χ0v) is 9.38. The molecule has 0 aliphatic rings. The first kappa shape index (κ1) is 11.2. The molecule has 0 fully saturated rings. The Kier molecular flexibility index (Phi) is 3.10. The Morgan fingerprint density at radius 1 is 1.18 bits per heavy atom. The van der Waals surface area contributed by atoms with Crippen LogP contribution in [0.3, 0.4) is 0 Å². The van der Waals surface area contributed by atoms with Gasteiger partial charge in [0.2, 0.25) is 0 Å². The van der Waals surface area contributed by atoms with Crippen molar-refractivity contribution in [1.82, 2.24) is 0 Å². The number of carboxylic acid groups (broad SMARTS) is 1. The van der Waals surface area contributed by atoms with E-state index in [4.69, 9.17) is 9.52 Å². The highest BCUT2D eigenvalue weighted by molar-refractivity contribution is 5.91. The molecule has 0 saturated carbocycles. The zero-order valence-electron chi connectivity index (χ0n) is 9.38. The molecule has 1 heterocycles. The normalized spacial score (nSPS) is 11.5. The molecule has 1 aromatic heterocycles. The molecule has 1 aromatic carbocycles. The van der Waals surface area contributed by atoms with Crippen molar-refractivity contribution in [3.05, 3.63) is 53.8 Å². The standard InChI is InChI=1S/C14H12O3/c1-10(14(15)16)9-12-7-8-13(17-12)11-5-3-2-4-6-11/h2-9H,1H3,(H,15,16)/b10-9+. The van der Waals surface area contributed by atoms with E-state index in [1.165, 1.54) is 13.0 Å². The monoisotopic (exact) mass is 228 g/mol. The van der Waals surface area contributed by atoms with Gasteiger partial charge in [-0.1, -0.05) is 30.3 Å². The summed E-state index contributed by atoms with van der Waals surface area (Å²) in [5, 5.41) is 8.76. The second kappa shape index (κ2) is 4.70. The minimum absolute atomic E-state index is 0.249. The van der Waals surface area contributed by atoms with Gasteiger partial charge in [0, 0.05) is 11.1 Å². The highest BCUT2D eigenvalue weighted by atomic mass is 16.4. The molecule has 2 aromatic rings. The molecule has 0 spiro atoms. The van der Waals surface area contributed by atoms with Gasteiger partial charge < -0.3 is 9.52 Å². The maximum Gasteiger partial charge on any atom is 0.331 e. The molecule has 0 amide bonds. The van der Waals surface area contributed by atoms with Crippen molar-refractivity contribution in [2.24, 2.45) is 0 Å². The van der Waals surface area contributed by atoms with Crippen LogP contribution in [0.2, 0.25) is 0 Å². The lowest BCUT2D eigenvalue weighted by molar-refractivity contribution is -0.132. The molecule has 0 atom stereocenters. The van der Waals surface area contributed by atoms with Crippen LogP contribution >= 0.6 is 0 Å². The Bertz CT molecular complexity index is 550.